The molecule has 29 heteroatoms. The lowest BCUT2D eigenvalue weighted by Crippen LogP contribution is -2.57. The number of hydrogen-bond acceptors (Lipinski definition) is 18. The van der Waals surface area contributed by atoms with Crippen molar-refractivity contribution in [1.82, 2.24) is 60.6 Å². The average molecular weight is 1300 g/mol. The van der Waals surface area contributed by atoms with Crippen molar-refractivity contribution in [1.29, 1.82) is 0 Å². The zero-order valence-electron chi connectivity index (χ0n) is 53.9. The standard InChI is InChI=1S/C64H92F2N14O13/c1-45-13-15-48(16-14-45)10-9-12-55(81)72-47(3)68-20-6-5-11-54(73-56(82)40-75-23-25-76(41-58(84)85)27-29-78(43-60(88)89)30-28-77(26-24-75)42-59(86)87)62(91)71-46(2)63(92)79-33-31-74(32-34-79)22-7-8-35-93-50-17-18-53-52(36-50)51(19-21-69-53)61(90)70-39-57(83)80-44-64(65,66)37-49(80)38-67-4/h13-19,21,36,38,46,49,54H,5-12,20,22-35,37,39-44H2,1-4H3,(H,70,90)(H,71,91)(H,73,82)(H,84,85)(H,86,87)(H,88,89)(H,68,72,81)/t46-,49+,54-/m0/s1. The quantitative estimate of drug-likeness (QED) is 0.0274. The summed E-state index contributed by atoms with van der Waals surface area (Å²) >= 11 is 0. The number of pyridine rings is 1. The summed E-state index contributed by atoms with van der Waals surface area (Å²) in [6, 6.07) is 11.9. The molecule has 0 radical (unpaired) electrons. The Hall–Kier alpha value is -8.12. The number of alkyl halides is 2. The molecule has 3 aliphatic rings. The van der Waals surface area contributed by atoms with E-state index < -0.39 is 85.1 Å². The molecule has 6 rings (SSSR count). The minimum Gasteiger partial charge on any atom is -0.494 e. The molecular formula is C64H92F2N14O13. The highest BCUT2D eigenvalue weighted by molar-refractivity contribution is 6.07. The monoisotopic (exact) mass is 1300 g/mol. The van der Waals surface area contributed by atoms with Crippen LogP contribution in [-0.2, 0) is 44.8 Å². The van der Waals surface area contributed by atoms with Crippen LogP contribution in [0, 0.1) is 6.92 Å². The molecule has 2 aromatic carbocycles. The van der Waals surface area contributed by atoms with E-state index in [4.69, 9.17) is 4.74 Å². The molecule has 1 aromatic heterocycles. The van der Waals surface area contributed by atoms with Crippen LogP contribution in [0.1, 0.15) is 86.7 Å². The van der Waals surface area contributed by atoms with Crippen molar-refractivity contribution < 1.29 is 72.0 Å². The van der Waals surface area contributed by atoms with Gasteiger partial charge < -0.3 is 51.1 Å². The number of benzene rings is 2. The van der Waals surface area contributed by atoms with Crippen molar-refractivity contribution in [2.24, 2.45) is 9.98 Å². The predicted octanol–water partition coefficient (Wildman–Crippen LogP) is 1.71. The molecule has 3 atom stereocenters. The summed E-state index contributed by atoms with van der Waals surface area (Å²) in [5.41, 5.74) is 3.07. The number of carbonyl (C=O) groups is 9. The number of rotatable bonds is 31. The Labute approximate surface area is 541 Å². The number of unbranched alkanes of at least 4 members (excludes halogenated alkanes) is 2. The number of carbonyl (C=O) groups excluding carboxylic acids is 6. The van der Waals surface area contributed by atoms with E-state index in [9.17, 15) is 67.3 Å². The van der Waals surface area contributed by atoms with Crippen molar-refractivity contribution in [2.75, 3.05) is 145 Å². The van der Waals surface area contributed by atoms with Gasteiger partial charge in [-0.15, -0.1) is 0 Å². The SMILES string of the molecule is CN=C[C@H]1CC(F)(F)CN1C(=O)CNC(=O)c1ccnc2ccc(OCCCCN3CCN(C(=O)[C@H](C)NC(=O)[C@H](CCCCN=C(C)NC(=O)CCCc4ccc(C)cc4)NC(=O)CN4CCN(CC(=O)O)CCN(CC(=O)O)CCN(CC(=O)O)CC4)CC3)cc12. The molecule has 3 aromatic rings. The number of aliphatic imine (C=N–C) groups is 2. The summed E-state index contributed by atoms with van der Waals surface area (Å²) < 4.78 is 34.4. The second kappa shape index (κ2) is 37.5. The van der Waals surface area contributed by atoms with Gasteiger partial charge in [-0.05, 0) is 102 Å². The smallest absolute Gasteiger partial charge is 0.317 e. The van der Waals surface area contributed by atoms with Gasteiger partial charge in [0.15, 0.2) is 0 Å². The Balaban J connectivity index is 0.995. The number of nitrogens with zero attached hydrogens (tertiary/aromatic N) is 10. The number of likely N-dealkylation sites (tertiary alicyclic amines) is 1. The summed E-state index contributed by atoms with van der Waals surface area (Å²) in [5, 5.41) is 40.6. The number of aromatic nitrogens is 1. The number of carboxylic acid groups (broad SMARTS) is 3. The Morgan fingerprint density at radius 1 is 0.731 bits per heavy atom. The zero-order chi connectivity index (χ0) is 67.5. The van der Waals surface area contributed by atoms with Crippen molar-refractivity contribution in [3.8, 4) is 5.75 Å². The fourth-order valence-corrected chi connectivity index (χ4v) is 11.4. The third kappa shape index (κ3) is 26.1. The maximum Gasteiger partial charge on any atom is 0.317 e. The number of hydrogen-bond donors (Lipinski definition) is 7. The average Bonchev–Trinajstić information content (AvgIpc) is 0.945. The van der Waals surface area contributed by atoms with Crippen molar-refractivity contribution >= 4 is 76.3 Å². The fraction of sp³-hybridized carbons (Fsp3) is 0.594. The maximum absolute atomic E-state index is 14.2. The first-order chi connectivity index (χ1) is 44.4. The predicted molar refractivity (Wildman–Crippen MR) is 344 cm³/mol. The summed E-state index contributed by atoms with van der Waals surface area (Å²) in [4.78, 5) is 141. The first-order valence-electron chi connectivity index (χ1n) is 31.9. The van der Waals surface area contributed by atoms with Gasteiger partial charge in [0.1, 0.15) is 17.8 Å². The minimum atomic E-state index is -3.06. The van der Waals surface area contributed by atoms with E-state index in [1.54, 1.807) is 56.5 Å². The molecule has 0 saturated carbocycles. The van der Waals surface area contributed by atoms with E-state index in [0.717, 1.165) is 35.4 Å². The number of fused-ring (bicyclic) bond motifs is 1. The molecule has 27 nitrogen and oxygen atoms in total. The number of aliphatic carboxylic acids is 3. The summed E-state index contributed by atoms with van der Waals surface area (Å²) in [6.07, 6.45) is 6.53. The van der Waals surface area contributed by atoms with Crippen LogP contribution in [-0.4, -0.2) is 289 Å². The van der Waals surface area contributed by atoms with E-state index in [1.165, 1.54) is 25.5 Å². The van der Waals surface area contributed by atoms with Crippen LogP contribution >= 0.6 is 0 Å². The molecule has 7 N–H and O–H groups in total. The second-order valence-electron chi connectivity index (χ2n) is 24.0. The van der Waals surface area contributed by atoms with Gasteiger partial charge in [-0.3, -0.25) is 82.6 Å². The highest BCUT2D eigenvalue weighted by Gasteiger charge is 2.46. The van der Waals surface area contributed by atoms with Gasteiger partial charge in [-0.2, -0.15) is 0 Å². The van der Waals surface area contributed by atoms with Gasteiger partial charge in [0, 0.05) is 123 Å². The number of piperazine rings is 1. The molecule has 93 heavy (non-hydrogen) atoms. The number of nitrogens with one attached hydrogen (secondary N) is 4. The van der Waals surface area contributed by atoms with E-state index in [0.29, 0.717) is 93.9 Å². The van der Waals surface area contributed by atoms with E-state index in [-0.39, 0.29) is 102 Å². The maximum atomic E-state index is 14.2. The molecule has 3 fully saturated rings. The first kappa shape index (κ1) is 73.9. The Bertz CT molecular complexity index is 3050. The Morgan fingerprint density at radius 3 is 1.94 bits per heavy atom. The lowest BCUT2D eigenvalue weighted by molar-refractivity contribution is -0.140. The van der Waals surface area contributed by atoms with E-state index >= 15 is 0 Å². The van der Waals surface area contributed by atoms with E-state index in [2.05, 4.69) is 53.3 Å². The largest absolute Gasteiger partial charge is 0.494 e. The Morgan fingerprint density at radius 2 is 1.33 bits per heavy atom. The van der Waals surface area contributed by atoms with Crippen molar-refractivity contribution in [3.63, 3.8) is 0 Å². The summed E-state index contributed by atoms with van der Waals surface area (Å²) in [6.45, 7) is 7.77. The van der Waals surface area contributed by atoms with Gasteiger partial charge in [-0.25, -0.2) is 8.78 Å². The van der Waals surface area contributed by atoms with Gasteiger partial charge >= 0.3 is 17.9 Å². The normalized spacial score (nSPS) is 18.3. The number of halogens is 2. The number of ether oxygens (including phenoxy) is 1. The second-order valence-corrected chi connectivity index (χ2v) is 24.0. The first-order valence-corrected chi connectivity index (χ1v) is 31.9. The number of amidine groups is 1. The van der Waals surface area contributed by atoms with Crippen LogP contribution < -0.4 is 26.0 Å². The van der Waals surface area contributed by atoms with E-state index in [1.807, 2.05) is 19.1 Å². The fourth-order valence-electron chi connectivity index (χ4n) is 11.4. The molecular weight excluding hydrogens is 1210 g/mol. The van der Waals surface area contributed by atoms with Crippen LogP contribution in [0.4, 0.5) is 8.78 Å². The van der Waals surface area contributed by atoms with Gasteiger partial charge in [0.2, 0.25) is 29.5 Å². The topological polar surface area (TPSA) is 332 Å². The zero-order valence-corrected chi connectivity index (χ0v) is 53.9. The van der Waals surface area contributed by atoms with Gasteiger partial charge in [0.05, 0.1) is 68.8 Å². The Kier molecular flexibility index (Phi) is 29.8. The highest BCUT2D eigenvalue weighted by Crippen LogP contribution is 2.31. The molecule has 0 spiro atoms. The summed E-state index contributed by atoms with van der Waals surface area (Å²) in [7, 11) is 1.44. The molecule has 510 valence electrons. The van der Waals surface area contributed by atoms with Crippen LogP contribution in [0.2, 0.25) is 0 Å². The van der Waals surface area contributed by atoms with Crippen LogP contribution in [0.15, 0.2) is 64.7 Å². The minimum absolute atomic E-state index is 0.149. The van der Waals surface area contributed by atoms with Crippen molar-refractivity contribution in [2.45, 2.75) is 103 Å². The van der Waals surface area contributed by atoms with Gasteiger partial charge in [-0.1, -0.05) is 29.8 Å². The number of carboxylic acids is 3. The van der Waals surface area contributed by atoms with Crippen LogP contribution in [0.25, 0.3) is 10.9 Å². The molecule has 0 unspecified atom stereocenters. The van der Waals surface area contributed by atoms with Gasteiger partial charge in [0.25, 0.3) is 11.8 Å². The molecule has 3 saturated heterocycles. The molecule has 3 aliphatic heterocycles. The van der Waals surface area contributed by atoms with Crippen LogP contribution in [0.5, 0.6) is 5.75 Å². The highest BCUT2D eigenvalue weighted by atomic mass is 19.3. The molecule has 4 heterocycles. The van der Waals surface area contributed by atoms with Crippen LogP contribution in [0.3, 0.4) is 0 Å². The lowest BCUT2D eigenvalue weighted by Gasteiger charge is -2.36. The molecule has 0 aliphatic carbocycles. The molecule has 6 amide bonds. The summed E-state index contributed by atoms with van der Waals surface area (Å²) in [5.74, 6) is -8.15. The lowest BCUT2D eigenvalue weighted by atomic mass is 10.1. The number of aryl methyl sites for hydroxylation is 2. The third-order valence-electron chi connectivity index (χ3n) is 16.4. The third-order valence-corrected chi connectivity index (χ3v) is 16.4. The van der Waals surface area contributed by atoms with Crippen molar-refractivity contribution in [3.05, 3.63) is 71.4 Å². The molecule has 0 bridgehead atoms. The number of amides is 6.